The molecule has 1 amide bonds. The SMILES string of the molecule is C\C=N/C(=C\C(=C\C)N1CCN(C(=O)COC2=CC=CC3=C=C2N=CC=C3)CC1)OCC(C)C. The predicted molar refractivity (Wildman–Crippen MR) is 136 cm³/mol. The quantitative estimate of drug-likeness (QED) is 0.223. The summed E-state index contributed by atoms with van der Waals surface area (Å²) in [5.41, 5.74) is 5.75. The van der Waals surface area contributed by atoms with E-state index in [1.165, 1.54) is 0 Å². The lowest BCUT2D eigenvalue weighted by molar-refractivity contribution is -0.136. The Hall–Kier alpha value is -3.57. The zero-order valence-corrected chi connectivity index (χ0v) is 20.5. The molecule has 3 aliphatic rings. The van der Waals surface area contributed by atoms with Crippen molar-refractivity contribution in [1.82, 2.24) is 9.80 Å². The number of ether oxygens (including phenoxy) is 2. The summed E-state index contributed by atoms with van der Waals surface area (Å²) in [6, 6.07) is 0. The van der Waals surface area contributed by atoms with Crippen LogP contribution in [0.5, 0.6) is 0 Å². The molecular formula is C27H34N4O3. The molecule has 7 nitrogen and oxygen atoms in total. The van der Waals surface area contributed by atoms with Gasteiger partial charge in [-0.25, -0.2) is 9.98 Å². The van der Waals surface area contributed by atoms with E-state index in [-0.39, 0.29) is 12.5 Å². The molecule has 0 aromatic heterocycles. The Labute approximate surface area is 202 Å². The van der Waals surface area contributed by atoms with Gasteiger partial charge in [0, 0.05) is 56.0 Å². The number of nitrogens with zero attached hydrogens (tertiary/aromatic N) is 4. The molecule has 0 unspecified atom stereocenters. The summed E-state index contributed by atoms with van der Waals surface area (Å²) in [5, 5.41) is 0. The van der Waals surface area contributed by atoms with E-state index in [1.807, 2.05) is 61.3 Å². The van der Waals surface area contributed by atoms with Crippen LogP contribution in [0, 0.1) is 5.92 Å². The van der Waals surface area contributed by atoms with Crippen LogP contribution in [0.3, 0.4) is 0 Å². The lowest BCUT2D eigenvalue weighted by Crippen LogP contribution is -2.49. The van der Waals surface area contributed by atoms with Gasteiger partial charge in [0.05, 0.1) is 6.61 Å². The predicted octanol–water partition coefficient (Wildman–Crippen LogP) is 4.16. The first-order chi connectivity index (χ1) is 16.5. The molecule has 1 fully saturated rings. The first-order valence-electron chi connectivity index (χ1n) is 11.8. The summed E-state index contributed by atoms with van der Waals surface area (Å²) >= 11 is 0. The minimum Gasteiger partial charge on any atom is -0.481 e. The molecule has 0 N–H and O–H groups in total. The molecular weight excluding hydrogens is 428 g/mol. The minimum absolute atomic E-state index is 0.0298. The van der Waals surface area contributed by atoms with Crippen LogP contribution in [0.2, 0.25) is 0 Å². The average molecular weight is 463 g/mol. The van der Waals surface area contributed by atoms with E-state index in [4.69, 9.17) is 9.47 Å². The van der Waals surface area contributed by atoms with Crippen molar-refractivity contribution in [1.29, 1.82) is 0 Å². The third-order valence-corrected chi connectivity index (χ3v) is 5.32. The van der Waals surface area contributed by atoms with E-state index in [9.17, 15) is 4.79 Å². The van der Waals surface area contributed by atoms with Crippen LogP contribution in [0.25, 0.3) is 0 Å². The standard InChI is InChI=1S/C27H34N4O3/c1-5-23(18-26(28-6-2)34-19-21(3)4)30-13-15-31(16-14-30)27(32)20-33-25-11-7-9-22-10-8-12-29-24(25)17-22/h5-12,18,21H,13-16,19-20H2,1-4H3/b23-5-,26-18+,28-6-. The highest BCUT2D eigenvalue weighted by molar-refractivity contribution is 5.78. The van der Waals surface area contributed by atoms with Crippen LogP contribution in [0.4, 0.5) is 0 Å². The number of carbonyl (C=O) groups excluding carboxylic acids is 1. The second kappa shape index (κ2) is 12.6. The lowest BCUT2D eigenvalue weighted by Gasteiger charge is -2.36. The Morgan fingerprint density at radius 3 is 2.62 bits per heavy atom. The van der Waals surface area contributed by atoms with Gasteiger partial charge in [-0.2, -0.15) is 0 Å². The second-order valence-electron chi connectivity index (χ2n) is 8.40. The van der Waals surface area contributed by atoms with Crippen molar-refractivity contribution in [2.75, 3.05) is 39.4 Å². The van der Waals surface area contributed by atoms with Gasteiger partial charge in [0.15, 0.2) is 12.4 Å². The van der Waals surface area contributed by atoms with Crippen LogP contribution < -0.4 is 0 Å². The van der Waals surface area contributed by atoms with Crippen LogP contribution in [-0.4, -0.2) is 67.5 Å². The summed E-state index contributed by atoms with van der Waals surface area (Å²) in [4.78, 5) is 25.6. The van der Waals surface area contributed by atoms with Crippen LogP contribution in [0.15, 0.2) is 86.9 Å². The molecule has 2 bridgehead atoms. The van der Waals surface area contributed by atoms with E-state index in [1.54, 1.807) is 12.4 Å². The number of aliphatic imine (C=N–C) groups is 2. The molecule has 1 saturated heterocycles. The van der Waals surface area contributed by atoms with Crippen molar-refractivity contribution in [2.24, 2.45) is 15.9 Å². The number of piperazine rings is 1. The average Bonchev–Trinajstić information content (AvgIpc) is 3.20. The highest BCUT2D eigenvalue weighted by atomic mass is 16.5. The molecule has 2 aliphatic heterocycles. The minimum atomic E-state index is -0.0385. The summed E-state index contributed by atoms with van der Waals surface area (Å²) < 4.78 is 11.7. The maximum atomic E-state index is 12.8. The highest BCUT2D eigenvalue weighted by Gasteiger charge is 2.23. The van der Waals surface area contributed by atoms with Crippen molar-refractivity contribution >= 4 is 18.3 Å². The number of hydrogen-bond donors (Lipinski definition) is 0. The highest BCUT2D eigenvalue weighted by Crippen LogP contribution is 2.19. The number of carbonyl (C=O) groups is 1. The van der Waals surface area contributed by atoms with Gasteiger partial charge in [-0.15, -0.1) is 0 Å². The maximum Gasteiger partial charge on any atom is 0.260 e. The van der Waals surface area contributed by atoms with Crippen LogP contribution in [-0.2, 0) is 14.3 Å². The largest absolute Gasteiger partial charge is 0.481 e. The van der Waals surface area contributed by atoms with E-state index < -0.39 is 0 Å². The summed E-state index contributed by atoms with van der Waals surface area (Å²) in [7, 11) is 0. The number of amides is 1. The van der Waals surface area contributed by atoms with Gasteiger partial charge in [0.25, 0.3) is 5.91 Å². The molecule has 0 aromatic carbocycles. The van der Waals surface area contributed by atoms with E-state index in [0.717, 1.165) is 24.4 Å². The van der Waals surface area contributed by atoms with Gasteiger partial charge >= 0.3 is 0 Å². The van der Waals surface area contributed by atoms with Gasteiger partial charge in [0.2, 0.25) is 5.88 Å². The van der Waals surface area contributed by atoms with Gasteiger partial charge in [-0.05, 0) is 44.1 Å². The zero-order chi connectivity index (χ0) is 24.3. The Balaban J connectivity index is 1.54. The van der Waals surface area contributed by atoms with E-state index in [2.05, 4.69) is 34.5 Å². The first kappa shape index (κ1) is 25.1. The molecule has 1 aliphatic carbocycles. The fourth-order valence-electron chi connectivity index (χ4n) is 3.56. The Morgan fingerprint density at radius 1 is 1.18 bits per heavy atom. The number of rotatable bonds is 9. The third kappa shape index (κ3) is 7.22. The third-order valence-electron chi connectivity index (χ3n) is 5.32. The van der Waals surface area contributed by atoms with E-state index >= 15 is 0 Å². The molecule has 7 heteroatoms. The lowest BCUT2D eigenvalue weighted by atomic mass is 10.2. The van der Waals surface area contributed by atoms with Gasteiger partial charge in [-0.3, -0.25) is 4.79 Å². The number of allylic oxidation sites excluding steroid dienone is 7. The fraction of sp³-hybridized carbons (Fsp3) is 0.407. The molecule has 0 radical (unpaired) electrons. The molecule has 0 aromatic rings. The van der Waals surface area contributed by atoms with E-state index in [0.29, 0.717) is 43.0 Å². The molecule has 2 heterocycles. The van der Waals surface area contributed by atoms with Crippen molar-refractivity contribution in [2.45, 2.75) is 27.7 Å². The Kier molecular flexibility index (Phi) is 9.30. The van der Waals surface area contributed by atoms with Crippen LogP contribution >= 0.6 is 0 Å². The first-order valence-corrected chi connectivity index (χ1v) is 11.8. The molecule has 180 valence electrons. The summed E-state index contributed by atoms with van der Waals surface area (Å²) in [5.74, 6) is 1.53. The molecule has 0 atom stereocenters. The van der Waals surface area contributed by atoms with Crippen molar-refractivity contribution in [3.8, 4) is 0 Å². The summed E-state index contributed by atoms with van der Waals surface area (Å²) in [6.07, 6.45) is 16.9. The van der Waals surface area contributed by atoms with Gasteiger partial charge in [0.1, 0.15) is 5.70 Å². The van der Waals surface area contributed by atoms with Crippen LogP contribution in [0.1, 0.15) is 27.7 Å². The molecule has 3 rings (SSSR count). The normalized spacial score (nSPS) is 18.6. The summed E-state index contributed by atoms with van der Waals surface area (Å²) in [6.45, 7) is 11.4. The molecule has 0 spiro atoms. The molecule has 34 heavy (non-hydrogen) atoms. The second-order valence-corrected chi connectivity index (χ2v) is 8.40. The van der Waals surface area contributed by atoms with Crippen molar-refractivity contribution in [3.05, 3.63) is 76.9 Å². The van der Waals surface area contributed by atoms with Crippen molar-refractivity contribution in [3.63, 3.8) is 0 Å². The van der Waals surface area contributed by atoms with Crippen molar-refractivity contribution < 1.29 is 14.3 Å². The van der Waals surface area contributed by atoms with Gasteiger partial charge < -0.3 is 19.3 Å². The zero-order valence-electron chi connectivity index (χ0n) is 20.5. The number of hydrogen-bond acceptors (Lipinski definition) is 6. The van der Waals surface area contributed by atoms with Gasteiger partial charge in [-0.1, -0.05) is 31.7 Å². The Bertz CT molecular complexity index is 1030. The molecule has 0 saturated carbocycles. The maximum absolute atomic E-state index is 12.8. The Morgan fingerprint density at radius 2 is 1.91 bits per heavy atom. The monoisotopic (exact) mass is 462 g/mol. The topological polar surface area (TPSA) is 66.7 Å². The smallest absolute Gasteiger partial charge is 0.260 e. The fourth-order valence-corrected chi connectivity index (χ4v) is 3.56.